The number of nitrogens with one attached hydrogen (secondary N) is 1. The van der Waals surface area contributed by atoms with Crippen molar-refractivity contribution in [3.8, 4) is 0 Å². The Bertz CT molecular complexity index is 524. The third-order valence-electron chi connectivity index (χ3n) is 1.90. The van der Waals surface area contributed by atoms with Crippen LogP contribution in [0, 0.1) is 0 Å². The number of aromatic nitrogens is 1. The lowest BCUT2D eigenvalue weighted by Gasteiger charge is -2.05. The van der Waals surface area contributed by atoms with Crippen LogP contribution < -0.4 is 11.1 Å². The number of anilines is 2. The van der Waals surface area contributed by atoms with Gasteiger partial charge in [-0.1, -0.05) is 0 Å². The second-order valence-electron chi connectivity index (χ2n) is 3.02. The van der Waals surface area contributed by atoms with Crippen LogP contribution in [-0.4, -0.2) is 10.9 Å². The number of furan rings is 1. The summed E-state index contributed by atoms with van der Waals surface area (Å²) in [6.45, 7) is 0. The van der Waals surface area contributed by atoms with Crippen molar-refractivity contribution in [2.24, 2.45) is 0 Å². The average Bonchev–Trinajstić information content (AvgIpc) is 2.68. The standard InChI is InChI=1S/C10H8BrN3O2/c11-9-2-1-8(16-9)10(15)14-7-3-4-13-5-6(7)12/h1-5H,12H2,(H,13,14,15). The van der Waals surface area contributed by atoms with E-state index in [1.54, 1.807) is 24.4 Å². The van der Waals surface area contributed by atoms with Crippen LogP contribution in [0.3, 0.4) is 0 Å². The van der Waals surface area contributed by atoms with Crippen molar-refractivity contribution in [2.75, 3.05) is 11.1 Å². The Morgan fingerprint density at radius 3 is 2.88 bits per heavy atom. The fraction of sp³-hybridized carbons (Fsp3) is 0. The van der Waals surface area contributed by atoms with Gasteiger partial charge in [-0.25, -0.2) is 0 Å². The molecule has 6 heteroatoms. The van der Waals surface area contributed by atoms with Gasteiger partial charge in [-0.15, -0.1) is 0 Å². The van der Waals surface area contributed by atoms with E-state index in [1.165, 1.54) is 6.20 Å². The van der Waals surface area contributed by atoms with Crippen molar-refractivity contribution in [2.45, 2.75) is 0 Å². The van der Waals surface area contributed by atoms with Crippen LogP contribution in [0.4, 0.5) is 11.4 Å². The molecule has 0 spiro atoms. The van der Waals surface area contributed by atoms with Gasteiger partial charge in [0.1, 0.15) is 0 Å². The first-order chi connectivity index (χ1) is 7.66. The molecule has 2 aromatic heterocycles. The first kappa shape index (κ1) is 10.7. The van der Waals surface area contributed by atoms with Gasteiger partial charge in [0.05, 0.1) is 17.6 Å². The van der Waals surface area contributed by atoms with Crippen molar-refractivity contribution in [1.82, 2.24) is 4.98 Å². The highest BCUT2D eigenvalue weighted by atomic mass is 79.9. The van der Waals surface area contributed by atoms with Gasteiger partial charge in [-0.05, 0) is 34.1 Å². The van der Waals surface area contributed by atoms with Crippen molar-refractivity contribution in [3.63, 3.8) is 0 Å². The third-order valence-corrected chi connectivity index (χ3v) is 2.32. The molecule has 0 atom stereocenters. The molecule has 0 saturated carbocycles. The Kier molecular flexibility index (Phi) is 2.91. The molecule has 3 N–H and O–H groups in total. The Morgan fingerprint density at radius 1 is 1.44 bits per heavy atom. The number of pyridine rings is 1. The van der Waals surface area contributed by atoms with Gasteiger partial charge in [0.25, 0.3) is 5.91 Å². The molecule has 2 heterocycles. The summed E-state index contributed by atoms with van der Waals surface area (Å²) in [6, 6.07) is 4.83. The van der Waals surface area contributed by atoms with Gasteiger partial charge >= 0.3 is 0 Å². The number of nitrogens with zero attached hydrogens (tertiary/aromatic N) is 1. The highest BCUT2D eigenvalue weighted by molar-refractivity contribution is 9.10. The second-order valence-corrected chi connectivity index (χ2v) is 3.80. The maximum absolute atomic E-state index is 11.7. The summed E-state index contributed by atoms with van der Waals surface area (Å²) in [4.78, 5) is 15.5. The number of hydrogen-bond acceptors (Lipinski definition) is 4. The van der Waals surface area contributed by atoms with E-state index in [2.05, 4.69) is 26.2 Å². The van der Waals surface area contributed by atoms with Crippen molar-refractivity contribution < 1.29 is 9.21 Å². The van der Waals surface area contributed by atoms with Crippen LogP contribution in [0.2, 0.25) is 0 Å². The number of hydrogen-bond donors (Lipinski definition) is 2. The molecule has 5 nitrogen and oxygen atoms in total. The quantitative estimate of drug-likeness (QED) is 0.885. The highest BCUT2D eigenvalue weighted by Gasteiger charge is 2.11. The molecule has 0 aliphatic carbocycles. The van der Waals surface area contributed by atoms with Crippen LogP contribution in [0.1, 0.15) is 10.6 Å². The molecule has 0 radical (unpaired) electrons. The van der Waals surface area contributed by atoms with Gasteiger partial charge in [-0.2, -0.15) is 0 Å². The first-order valence-corrected chi connectivity index (χ1v) is 5.22. The summed E-state index contributed by atoms with van der Waals surface area (Å²) in [7, 11) is 0. The van der Waals surface area contributed by atoms with Gasteiger partial charge in [0, 0.05) is 6.20 Å². The summed E-state index contributed by atoms with van der Waals surface area (Å²) >= 11 is 3.12. The van der Waals surface area contributed by atoms with Gasteiger partial charge < -0.3 is 15.5 Å². The molecule has 0 fully saturated rings. The summed E-state index contributed by atoms with van der Waals surface area (Å²) in [5.74, 6) is -0.147. The lowest BCUT2D eigenvalue weighted by Crippen LogP contribution is -2.12. The minimum absolute atomic E-state index is 0.211. The van der Waals surface area contributed by atoms with Crippen LogP contribution in [0.25, 0.3) is 0 Å². The van der Waals surface area contributed by atoms with E-state index in [-0.39, 0.29) is 11.7 Å². The lowest BCUT2D eigenvalue weighted by molar-refractivity contribution is 0.0995. The number of amides is 1. The SMILES string of the molecule is Nc1cnccc1NC(=O)c1ccc(Br)o1. The Hall–Kier alpha value is -1.82. The molecule has 0 saturated heterocycles. The molecular formula is C10H8BrN3O2. The van der Waals surface area contributed by atoms with Crippen molar-refractivity contribution in [1.29, 1.82) is 0 Å². The number of carbonyl (C=O) groups excluding carboxylic acids is 1. The Morgan fingerprint density at radius 2 is 2.25 bits per heavy atom. The normalized spacial score (nSPS) is 10.1. The zero-order valence-corrected chi connectivity index (χ0v) is 9.69. The van der Waals surface area contributed by atoms with E-state index in [0.717, 1.165) is 0 Å². The first-order valence-electron chi connectivity index (χ1n) is 4.43. The molecule has 82 valence electrons. The molecule has 0 aromatic carbocycles. The summed E-state index contributed by atoms with van der Waals surface area (Å²) in [5, 5.41) is 2.62. The third kappa shape index (κ3) is 2.22. The molecule has 0 unspecified atom stereocenters. The zero-order chi connectivity index (χ0) is 11.5. The maximum Gasteiger partial charge on any atom is 0.291 e. The van der Waals surface area contributed by atoms with E-state index < -0.39 is 0 Å². The molecular weight excluding hydrogens is 274 g/mol. The Labute approximate surface area is 99.8 Å². The molecule has 16 heavy (non-hydrogen) atoms. The molecule has 1 amide bonds. The molecule has 2 rings (SSSR count). The molecule has 2 aromatic rings. The van der Waals surface area contributed by atoms with Gasteiger partial charge in [-0.3, -0.25) is 9.78 Å². The predicted molar refractivity (Wildman–Crippen MR) is 63.0 cm³/mol. The maximum atomic E-state index is 11.7. The minimum Gasteiger partial charge on any atom is -0.444 e. The largest absolute Gasteiger partial charge is 0.444 e. The fourth-order valence-corrected chi connectivity index (χ4v) is 1.45. The van der Waals surface area contributed by atoms with Gasteiger partial charge in [0.15, 0.2) is 10.4 Å². The Balaban J connectivity index is 2.17. The summed E-state index contributed by atoms with van der Waals surface area (Å²) in [6.07, 6.45) is 3.01. The molecule has 0 aliphatic rings. The summed E-state index contributed by atoms with van der Waals surface area (Å²) < 4.78 is 5.61. The minimum atomic E-state index is -0.358. The van der Waals surface area contributed by atoms with E-state index in [1.807, 2.05) is 0 Å². The monoisotopic (exact) mass is 281 g/mol. The number of halogens is 1. The van der Waals surface area contributed by atoms with Gasteiger partial charge in [0.2, 0.25) is 0 Å². The smallest absolute Gasteiger partial charge is 0.291 e. The predicted octanol–water partition coefficient (Wildman–Crippen LogP) is 2.27. The highest BCUT2D eigenvalue weighted by Crippen LogP contribution is 2.18. The van der Waals surface area contributed by atoms with Crippen LogP contribution in [0.15, 0.2) is 39.7 Å². The number of rotatable bonds is 2. The molecule has 0 bridgehead atoms. The van der Waals surface area contributed by atoms with E-state index in [9.17, 15) is 4.79 Å². The van der Waals surface area contributed by atoms with Crippen molar-refractivity contribution in [3.05, 3.63) is 41.0 Å². The topological polar surface area (TPSA) is 81.1 Å². The van der Waals surface area contributed by atoms with E-state index in [0.29, 0.717) is 16.0 Å². The van der Waals surface area contributed by atoms with Crippen LogP contribution >= 0.6 is 15.9 Å². The van der Waals surface area contributed by atoms with E-state index >= 15 is 0 Å². The molecule has 0 aliphatic heterocycles. The fourth-order valence-electron chi connectivity index (χ4n) is 1.14. The number of carbonyl (C=O) groups is 1. The average molecular weight is 282 g/mol. The van der Waals surface area contributed by atoms with Crippen LogP contribution in [-0.2, 0) is 0 Å². The number of nitrogens with two attached hydrogens (primary N) is 1. The second kappa shape index (κ2) is 4.36. The summed E-state index contributed by atoms with van der Waals surface area (Å²) in [5.41, 5.74) is 6.55. The zero-order valence-electron chi connectivity index (χ0n) is 8.11. The van der Waals surface area contributed by atoms with Crippen LogP contribution in [0.5, 0.6) is 0 Å². The lowest BCUT2D eigenvalue weighted by atomic mass is 10.3. The number of nitrogen functional groups attached to an aromatic ring is 1. The van der Waals surface area contributed by atoms with Crippen molar-refractivity contribution >= 4 is 33.2 Å². The van der Waals surface area contributed by atoms with E-state index in [4.69, 9.17) is 10.2 Å².